The van der Waals surface area contributed by atoms with Crippen LogP contribution >= 0.6 is 15.9 Å². The van der Waals surface area contributed by atoms with Crippen LogP contribution in [-0.2, 0) is 14.3 Å². The fourth-order valence-corrected chi connectivity index (χ4v) is 2.33. The summed E-state index contributed by atoms with van der Waals surface area (Å²) < 4.78 is 5.33. The SMILES string of the molecule is CCOC(=O)C(=O)Nc1ccc2cc(Br)ccc2c1[N+](=O)[O-]. The number of nitrogens with zero attached hydrogens (tertiary/aromatic N) is 1. The number of nitrogens with one attached hydrogen (secondary N) is 1. The lowest BCUT2D eigenvalue weighted by Crippen LogP contribution is -2.25. The Balaban J connectivity index is 2.48. The van der Waals surface area contributed by atoms with Crippen molar-refractivity contribution in [1.29, 1.82) is 0 Å². The second-order valence-corrected chi connectivity index (χ2v) is 5.17. The molecule has 2 rings (SSSR count). The molecule has 1 N–H and O–H groups in total. The fourth-order valence-electron chi connectivity index (χ4n) is 1.95. The molecular weight excluding hydrogens is 356 g/mol. The maximum atomic E-state index is 11.7. The van der Waals surface area contributed by atoms with Crippen LogP contribution in [0.2, 0.25) is 0 Å². The summed E-state index contributed by atoms with van der Waals surface area (Å²) in [6, 6.07) is 7.95. The number of esters is 1. The van der Waals surface area contributed by atoms with Crippen molar-refractivity contribution in [3.8, 4) is 0 Å². The molecule has 1 amide bonds. The first-order valence-corrected chi connectivity index (χ1v) is 7.08. The normalized spacial score (nSPS) is 10.3. The van der Waals surface area contributed by atoms with E-state index in [4.69, 9.17) is 0 Å². The predicted molar refractivity (Wildman–Crippen MR) is 83.6 cm³/mol. The highest BCUT2D eigenvalue weighted by atomic mass is 79.9. The van der Waals surface area contributed by atoms with Gasteiger partial charge >= 0.3 is 17.6 Å². The van der Waals surface area contributed by atoms with Crippen molar-refractivity contribution < 1.29 is 19.2 Å². The molecule has 0 saturated heterocycles. The van der Waals surface area contributed by atoms with E-state index in [1.807, 2.05) is 0 Å². The third kappa shape index (κ3) is 3.22. The summed E-state index contributed by atoms with van der Waals surface area (Å²) in [5.74, 6) is -2.14. The molecule has 0 unspecified atom stereocenters. The molecule has 0 bridgehead atoms. The van der Waals surface area contributed by atoms with Crippen LogP contribution in [0, 0.1) is 10.1 Å². The number of nitro benzene ring substituents is 1. The molecule has 0 aliphatic carbocycles. The Hall–Kier alpha value is -2.48. The van der Waals surface area contributed by atoms with Gasteiger partial charge < -0.3 is 10.1 Å². The number of fused-ring (bicyclic) bond motifs is 1. The molecule has 22 heavy (non-hydrogen) atoms. The smallest absolute Gasteiger partial charge is 0.397 e. The van der Waals surface area contributed by atoms with E-state index in [-0.39, 0.29) is 18.0 Å². The molecule has 0 aliphatic rings. The highest BCUT2D eigenvalue weighted by molar-refractivity contribution is 9.10. The second-order valence-electron chi connectivity index (χ2n) is 4.26. The monoisotopic (exact) mass is 366 g/mol. The third-order valence-corrected chi connectivity index (χ3v) is 3.34. The Bertz CT molecular complexity index is 775. The van der Waals surface area contributed by atoms with Crippen molar-refractivity contribution in [2.75, 3.05) is 11.9 Å². The Morgan fingerprint density at radius 2 is 2.05 bits per heavy atom. The molecule has 8 heteroatoms. The molecule has 0 heterocycles. The van der Waals surface area contributed by atoms with Gasteiger partial charge in [0, 0.05) is 4.47 Å². The summed E-state index contributed by atoms with van der Waals surface area (Å²) in [7, 11) is 0. The number of halogens is 1. The lowest BCUT2D eigenvalue weighted by Gasteiger charge is -2.08. The van der Waals surface area contributed by atoms with Crippen LogP contribution in [0.5, 0.6) is 0 Å². The van der Waals surface area contributed by atoms with Crippen LogP contribution < -0.4 is 5.32 Å². The summed E-state index contributed by atoms with van der Waals surface area (Å²) in [5.41, 5.74) is -0.333. The van der Waals surface area contributed by atoms with Gasteiger partial charge in [-0.05, 0) is 36.6 Å². The zero-order chi connectivity index (χ0) is 16.3. The van der Waals surface area contributed by atoms with Crippen molar-refractivity contribution in [2.24, 2.45) is 0 Å². The van der Waals surface area contributed by atoms with Gasteiger partial charge in [0.25, 0.3) is 0 Å². The van der Waals surface area contributed by atoms with Crippen LogP contribution in [0.4, 0.5) is 11.4 Å². The van der Waals surface area contributed by atoms with Gasteiger partial charge in [-0.3, -0.25) is 14.9 Å². The summed E-state index contributed by atoms with van der Waals surface area (Å²) >= 11 is 3.29. The topological polar surface area (TPSA) is 98.5 Å². The van der Waals surface area contributed by atoms with Gasteiger partial charge in [-0.25, -0.2) is 4.79 Å². The minimum atomic E-state index is -1.09. The average Bonchev–Trinajstić information content (AvgIpc) is 2.46. The summed E-state index contributed by atoms with van der Waals surface area (Å²) in [6.07, 6.45) is 0. The predicted octanol–water partition coefficient (Wildman–Crippen LogP) is 3.01. The fraction of sp³-hybridized carbons (Fsp3) is 0.143. The van der Waals surface area contributed by atoms with Crippen LogP contribution in [0.25, 0.3) is 10.8 Å². The molecule has 114 valence electrons. The molecular formula is C14H11BrN2O5. The lowest BCUT2D eigenvalue weighted by molar-refractivity contribution is -0.382. The standard InChI is InChI=1S/C14H11BrN2O5/c1-2-22-14(19)13(18)16-11-6-3-8-7-9(15)4-5-10(8)12(11)17(20)21/h3-7H,2H2,1H3,(H,16,18). The van der Waals surface area contributed by atoms with Crippen molar-refractivity contribution in [3.63, 3.8) is 0 Å². The first-order valence-electron chi connectivity index (χ1n) is 6.28. The van der Waals surface area contributed by atoms with E-state index in [1.165, 1.54) is 6.07 Å². The van der Waals surface area contributed by atoms with Crippen molar-refractivity contribution >= 4 is 50.0 Å². The second kappa shape index (κ2) is 6.52. The third-order valence-electron chi connectivity index (χ3n) is 2.85. The first kappa shape index (κ1) is 15.9. The quantitative estimate of drug-likeness (QED) is 0.389. The van der Waals surface area contributed by atoms with Crippen LogP contribution in [-0.4, -0.2) is 23.4 Å². The van der Waals surface area contributed by atoms with Crippen LogP contribution in [0.15, 0.2) is 34.8 Å². The summed E-state index contributed by atoms with van der Waals surface area (Å²) in [4.78, 5) is 33.7. The number of nitro groups is 1. The van der Waals surface area contributed by atoms with Gasteiger partial charge in [0.15, 0.2) is 0 Å². The number of amides is 1. The average molecular weight is 367 g/mol. The molecule has 0 spiro atoms. The van der Waals surface area contributed by atoms with Crippen molar-refractivity contribution in [2.45, 2.75) is 6.92 Å². The van der Waals surface area contributed by atoms with Crippen molar-refractivity contribution in [1.82, 2.24) is 0 Å². The number of anilines is 1. The van der Waals surface area contributed by atoms with Crippen molar-refractivity contribution in [3.05, 3.63) is 44.9 Å². The Kier molecular flexibility index (Phi) is 4.71. The van der Waals surface area contributed by atoms with E-state index in [2.05, 4.69) is 26.0 Å². The molecule has 0 fully saturated rings. The van der Waals surface area contributed by atoms with E-state index < -0.39 is 16.8 Å². The molecule has 0 saturated carbocycles. The molecule has 0 aliphatic heterocycles. The summed E-state index contributed by atoms with van der Waals surface area (Å²) in [6.45, 7) is 1.60. The zero-order valence-electron chi connectivity index (χ0n) is 11.5. The Morgan fingerprint density at radius 1 is 1.32 bits per heavy atom. The van der Waals surface area contributed by atoms with E-state index in [0.29, 0.717) is 10.8 Å². The van der Waals surface area contributed by atoms with E-state index >= 15 is 0 Å². The Labute approximate surface area is 133 Å². The number of benzene rings is 2. The van der Waals surface area contributed by atoms with E-state index in [9.17, 15) is 19.7 Å². The lowest BCUT2D eigenvalue weighted by atomic mass is 10.1. The highest BCUT2D eigenvalue weighted by Gasteiger charge is 2.23. The van der Waals surface area contributed by atoms with E-state index in [0.717, 1.165) is 4.47 Å². The molecule has 0 radical (unpaired) electrons. The van der Waals surface area contributed by atoms with Gasteiger partial charge in [-0.2, -0.15) is 0 Å². The molecule has 2 aromatic rings. The minimum Gasteiger partial charge on any atom is -0.459 e. The van der Waals surface area contributed by atoms with Gasteiger partial charge in [-0.1, -0.05) is 22.0 Å². The van der Waals surface area contributed by atoms with Gasteiger partial charge in [0.2, 0.25) is 0 Å². The number of hydrogen-bond donors (Lipinski definition) is 1. The van der Waals surface area contributed by atoms with Crippen LogP contribution in [0.3, 0.4) is 0 Å². The van der Waals surface area contributed by atoms with Gasteiger partial charge in [0.1, 0.15) is 5.69 Å². The van der Waals surface area contributed by atoms with Crippen LogP contribution in [0.1, 0.15) is 6.92 Å². The molecule has 2 aromatic carbocycles. The minimum absolute atomic E-state index is 0.0418. The molecule has 7 nitrogen and oxygen atoms in total. The number of rotatable bonds is 3. The Morgan fingerprint density at radius 3 is 2.68 bits per heavy atom. The maximum absolute atomic E-state index is 11.7. The largest absolute Gasteiger partial charge is 0.459 e. The van der Waals surface area contributed by atoms with E-state index in [1.54, 1.807) is 31.2 Å². The van der Waals surface area contributed by atoms with Gasteiger partial charge in [-0.15, -0.1) is 0 Å². The molecule has 0 atom stereocenters. The first-order chi connectivity index (χ1) is 10.4. The zero-order valence-corrected chi connectivity index (χ0v) is 13.0. The highest BCUT2D eigenvalue weighted by Crippen LogP contribution is 2.34. The number of ether oxygens (including phenoxy) is 1. The maximum Gasteiger partial charge on any atom is 0.397 e. The number of hydrogen-bond acceptors (Lipinski definition) is 5. The number of carbonyl (C=O) groups is 2. The molecule has 0 aromatic heterocycles. The summed E-state index contributed by atoms with van der Waals surface area (Å²) in [5, 5.41) is 14.5. The number of carbonyl (C=O) groups excluding carboxylic acids is 2. The van der Waals surface area contributed by atoms with Gasteiger partial charge in [0.05, 0.1) is 16.9 Å².